The Balaban J connectivity index is 2.84. The van der Waals surface area contributed by atoms with Gasteiger partial charge in [-0.3, -0.25) is 9.59 Å². The van der Waals surface area contributed by atoms with E-state index in [-0.39, 0.29) is 24.3 Å². The molecule has 0 aromatic heterocycles. The lowest BCUT2D eigenvalue weighted by Crippen LogP contribution is -2.23. The summed E-state index contributed by atoms with van der Waals surface area (Å²) in [4.78, 5) is 23.3. The van der Waals surface area contributed by atoms with Crippen LogP contribution in [0.25, 0.3) is 0 Å². The first-order valence-corrected chi connectivity index (χ1v) is 6.99. The quantitative estimate of drug-likeness (QED) is 0.754. The highest BCUT2D eigenvalue weighted by atomic mass is 35.5. The molecule has 5 nitrogen and oxygen atoms in total. The number of halogens is 1. The number of benzene rings is 1. The summed E-state index contributed by atoms with van der Waals surface area (Å²) < 4.78 is 0. The normalized spacial score (nSPS) is 10.4. The van der Waals surface area contributed by atoms with Crippen molar-refractivity contribution >= 4 is 34.8 Å². The van der Waals surface area contributed by atoms with Crippen LogP contribution in [0.3, 0.4) is 0 Å². The molecule has 1 rings (SSSR count). The van der Waals surface area contributed by atoms with Gasteiger partial charge < -0.3 is 16.4 Å². The van der Waals surface area contributed by atoms with E-state index in [0.29, 0.717) is 16.4 Å². The van der Waals surface area contributed by atoms with Crippen molar-refractivity contribution in [3.05, 3.63) is 23.2 Å². The maximum atomic E-state index is 12.0. The second-order valence-electron chi connectivity index (χ2n) is 4.45. The van der Waals surface area contributed by atoms with Crippen LogP contribution in [0.2, 0.25) is 5.02 Å². The number of amides is 2. The summed E-state index contributed by atoms with van der Waals surface area (Å²) >= 11 is 5.98. The monoisotopic (exact) mass is 297 g/mol. The van der Waals surface area contributed by atoms with Crippen LogP contribution in [0.15, 0.2) is 18.2 Å². The summed E-state index contributed by atoms with van der Waals surface area (Å²) in [6.45, 7) is 3.83. The Hall–Kier alpha value is -1.59. The van der Waals surface area contributed by atoms with Crippen molar-refractivity contribution in [2.75, 3.05) is 17.2 Å². The molecule has 0 heterocycles. The van der Waals surface area contributed by atoms with Gasteiger partial charge in [0.1, 0.15) is 0 Å². The van der Waals surface area contributed by atoms with Gasteiger partial charge >= 0.3 is 0 Å². The van der Waals surface area contributed by atoms with Crippen molar-refractivity contribution in [1.29, 1.82) is 0 Å². The summed E-state index contributed by atoms with van der Waals surface area (Å²) in [5, 5.41) is 5.80. The molecule has 0 saturated heterocycles. The lowest BCUT2D eigenvalue weighted by Gasteiger charge is -2.14. The topological polar surface area (TPSA) is 84.2 Å². The number of hydrogen-bond donors (Lipinski definition) is 3. The van der Waals surface area contributed by atoms with Crippen molar-refractivity contribution in [2.24, 2.45) is 11.7 Å². The number of nitrogens with two attached hydrogens (primary N) is 1. The smallest absolute Gasteiger partial charge is 0.238 e. The fourth-order valence-corrected chi connectivity index (χ4v) is 1.97. The van der Waals surface area contributed by atoms with Gasteiger partial charge in [-0.05, 0) is 31.0 Å². The lowest BCUT2D eigenvalue weighted by atomic mass is 10.0. The van der Waals surface area contributed by atoms with Gasteiger partial charge in [0.25, 0.3) is 0 Å². The van der Waals surface area contributed by atoms with E-state index in [4.69, 9.17) is 17.3 Å². The van der Waals surface area contributed by atoms with Crippen LogP contribution in [0.5, 0.6) is 0 Å². The first-order valence-electron chi connectivity index (χ1n) is 6.62. The van der Waals surface area contributed by atoms with E-state index in [0.717, 1.165) is 12.8 Å². The second-order valence-corrected chi connectivity index (χ2v) is 4.86. The molecule has 0 bridgehead atoms. The lowest BCUT2D eigenvalue weighted by molar-refractivity contribution is -0.120. The predicted molar refractivity (Wildman–Crippen MR) is 81.8 cm³/mol. The van der Waals surface area contributed by atoms with Gasteiger partial charge in [-0.1, -0.05) is 25.4 Å². The molecule has 0 unspecified atom stereocenters. The Morgan fingerprint density at radius 1 is 1.25 bits per heavy atom. The third-order valence-electron chi connectivity index (χ3n) is 3.05. The number of carbonyl (C=O) groups excluding carboxylic acids is 2. The average Bonchev–Trinajstić information content (AvgIpc) is 2.43. The van der Waals surface area contributed by atoms with Crippen LogP contribution in [-0.4, -0.2) is 18.4 Å². The third-order valence-corrected chi connectivity index (χ3v) is 3.38. The molecule has 0 saturated carbocycles. The minimum absolute atomic E-state index is 0.0206. The molecule has 0 fully saturated rings. The molecule has 1 aromatic rings. The molecule has 4 N–H and O–H groups in total. The van der Waals surface area contributed by atoms with E-state index < -0.39 is 0 Å². The van der Waals surface area contributed by atoms with Crippen molar-refractivity contribution in [3.63, 3.8) is 0 Å². The molecule has 0 atom stereocenters. The molecular formula is C14H20ClN3O2. The molecule has 6 heteroatoms. The van der Waals surface area contributed by atoms with E-state index in [1.165, 1.54) is 0 Å². The zero-order valence-electron chi connectivity index (χ0n) is 11.7. The van der Waals surface area contributed by atoms with Crippen LogP contribution in [0.4, 0.5) is 11.4 Å². The zero-order valence-corrected chi connectivity index (χ0v) is 12.5. The molecule has 110 valence electrons. The van der Waals surface area contributed by atoms with Gasteiger partial charge in [0, 0.05) is 11.6 Å². The largest absolute Gasteiger partial charge is 0.326 e. The van der Waals surface area contributed by atoms with Crippen molar-refractivity contribution < 1.29 is 9.59 Å². The van der Waals surface area contributed by atoms with Crippen LogP contribution in [-0.2, 0) is 9.59 Å². The highest BCUT2D eigenvalue weighted by Crippen LogP contribution is 2.26. The Bertz CT molecular complexity index is 487. The highest BCUT2D eigenvalue weighted by molar-refractivity contribution is 6.33. The molecule has 1 aromatic carbocycles. The highest BCUT2D eigenvalue weighted by Gasteiger charge is 2.14. The molecule has 20 heavy (non-hydrogen) atoms. The van der Waals surface area contributed by atoms with Gasteiger partial charge in [0.2, 0.25) is 11.8 Å². The number of rotatable bonds is 6. The number of carbonyl (C=O) groups is 2. The zero-order chi connectivity index (χ0) is 15.1. The number of nitrogens with one attached hydrogen (secondary N) is 2. The fraction of sp³-hybridized carbons (Fsp3) is 0.429. The first kappa shape index (κ1) is 16.5. The molecule has 2 amide bonds. The minimum atomic E-state index is -0.338. The maximum Gasteiger partial charge on any atom is 0.238 e. The SMILES string of the molecule is CCC(CC)C(=O)Nc1ccc(Cl)c(NC(=O)CN)c1. The summed E-state index contributed by atoms with van der Waals surface area (Å²) in [5.74, 6) is -0.392. The number of hydrogen-bond acceptors (Lipinski definition) is 3. The van der Waals surface area contributed by atoms with Gasteiger partial charge in [-0.25, -0.2) is 0 Å². The van der Waals surface area contributed by atoms with E-state index in [2.05, 4.69) is 10.6 Å². The third kappa shape index (κ3) is 4.51. The van der Waals surface area contributed by atoms with Crippen molar-refractivity contribution in [1.82, 2.24) is 0 Å². The fourth-order valence-electron chi connectivity index (χ4n) is 1.80. The predicted octanol–water partition coefficient (Wildman–Crippen LogP) is 2.61. The van der Waals surface area contributed by atoms with Gasteiger partial charge in [-0.2, -0.15) is 0 Å². The Kier molecular flexibility index (Phi) is 6.48. The molecule has 0 spiro atoms. The van der Waals surface area contributed by atoms with E-state index >= 15 is 0 Å². The van der Waals surface area contributed by atoms with Crippen LogP contribution < -0.4 is 16.4 Å². The maximum absolute atomic E-state index is 12.0. The first-order chi connectivity index (χ1) is 9.51. The van der Waals surface area contributed by atoms with E-state index in [1.54, 1.807) is 18.2 Å². The molecule has 0 aliphatic heterocycles. The average molecular weight is 298 g/mol. The minimum Gasteiger partial charge on any atom is -0.326 e. The molecular weight excluding hydrogens is 278 g/mol. The van der Waals surface area contributed by atoms with Gasteiger partial charge in [0.15, 0.2) is 0 Å². The van der Waals surface area contributed by atoms with Crippen molar-refractivity contribution in [2.45, 2.75) is 26.7 Å². The Labute approximate surface area is 123 Å². The summed E-state index contributed by atoms with van der Waals surface area (Å²) in [5.41, 5.74) is 6.27. The van der Waals surface area contributed by atoms with Crippen LogP contribution >= 0.6 is 11.6 Å². The molecule has 0 radical (unpaired) electrons. The van der Waals surface area contributed by atoms with E-state index in [9.17, 15) is 9.59 Å². The Morgan fingerprint density at radius 2 is 1.90 bits per heavy atom. The van der Waals surface area contributed by atoms with Crippen molar-refractivity contribution in [3.8, 4) is 0 Å². The van der Waals surface area contributed by atoms with Gasteiger partial charge in [-0.15, -0.1) is 0 Å². The standard InChI is InChI=1S/C14H20ClN3O2/c1-3-9(4-2)14(20)17-10-5-6-11(15)12(7-10)18-13(19)8-16/h5-7,9H,3-4,8,16H2,1-2H3,(H,17,20)(H,18,19). The summed E-state index contributed by atoms with van der Waals surface area (Å²) in [7, 11) is 0. The number of anilines is 2. The second kappa shape index (κ2) is 7.87. The van der Waals surface area contributed by atoms with Crippen LogP contribution in [0, 0.1) is 5.92 Å². The molecule has 0 aliphatic rings. The van der Waals surface area contributed by atoms with E-state index in [1.807, 2.05) is 13.8 Å². The molecule has 0 aliphatic carbocycles. The summed E-state index contributed by atoms with van der Waals surface area (Å²) in [6, 6.07) is 4.94. The Morgan fingerprint density at radius 3 is 2.45 bits per heavy atom. The van der Waals surface area contributed by atoms with Gasteiger partial charge in [0.05, 0.1) is 17.3 Å². The summed E-state index contributed by atoms with van der Waals surface area (Å²) in [6.07, 6.45) is 1.57. The van der Waals surface area contributed by atoms with Crippen LogP contribution in [0.1, 0.15) is 26.7 Å².